The fourth-order valence-electron chi connectivity index (χ4n) is 6.07. The number of nitrogens with one attached hydrogen (secondary N) is 4. The van der Waals surface area contributed by atoms with Crippen LogP contribution in [0, 0.1) is 0 Å². The van der Waals surface area contributed by atoms with Gasteiger partial charge < -0.3 is 40.6 Å². The molecule has 2 unspecified atom stereocenters. The number of carbonyl (C=O) groups excluding carboxylic acids is 4. The van der Waals surface area contributed by atoms with Crippen LogP contribution in [0.4, 0.5) is 0 Å². The van der Waals surface area contributed by atoms with Gasteiger partial charge in [0.25, 0.3) is 11.8 Å². The second-order valence-electron chi connectivity index (χ2n) is 15.3. The molecule has 0 aliphatic carbocycles. The van der Waals surface area contributed by atoms with E-state index in [-0.39, 0.29) is 59.6 Å². The Balaban J connectivity index is 0.00000117. The van der Waals surface area contributed by atoms with E-state index in [0.717, 1.165) is 21.3 Å². The Hall–Kier alpha value is -6.54. The molecule has 0 heterocycles. The van der Waals surface area contributed by atoms with Gasteiger partial charge in [0.2, 0.25) is 11.8 Å². The summed E-state index contributed by atoms with van der Waals surface area (Å²) >= 11 is 15.8. The maximum absolute atomic E-state index is 12.8. The molecular formula is C56H71BrCl2N4O8. The van der Waals surface area contributed by atoms with Crippen LogP contribution < -0.4 is 35.5 Å². The number of halogens is 3. The molecule has 12 nitrogen and oxygen atoms in total. The van der Waals surface area contributed by atoms with Gasteiger partial charge in [0.15, 0.2) is 0 Å². The molecule has 4 amide bonds. The lowest BCUT2D eigenvalue weighted by Gasteiger charge is -2.18. The van der Waals surface area contributed by atoms with Gasteiger partial charge in [0, 0.05) is 42.5 Å². The average Bonchev–Trinajstić information content (AvgIpc) is 3.31. The molecule has 15 heteroatoms. The van der Waals surface area contributed by atoms with Crippen molar-refractivity contribution in [3.8, 4) is 28.7 Å². The van der Waals surface area contributed by atoms with E-state index in [2.05, 4.69) is 37.2 Å². The Morgan fingerprint density at radius 2 is 0.901 bits per heavy atom. The van der Waals surface area contributed by atoms with E-state index in [4.69, 9.17) is 42.5 Å². The van der Waals surface area contributed by atoms with Gasteiger partial charge >= 0.3 is 0 Å². The summed E-state index contributed by atoms with van der Waals surface area (Å²) in [6, 6.07) is 41.3. The lowest BCUT2D eigenvalue weighted by molar-refractivity contribution is -0.123. The molecule has 0 aromatic heterocycles. The third kappa shape index (κ3) is 22.4. The first kappa shape index (κ1) is 64.5. The van der Waals surface area contributed by atoms with Crippen LogP contribution >= 0.6 is 39.1 Å². The minimum atomic E-state index is -0.756. The minimum absolute atomic E-state index is 0. The van der Waals surface area contributed by atoms with Crippen molar-refractivity contribution < 1.29 is 38.5 Å². The summed E-state index contributed by atoms with van der Waals surface area (Å²) in [6.45, 7) is 7.58. The van der Waals surface area contributed by atoms with Gasteiger partial charge in [-0.25, -0.2) is 0 Å². The third-order valence-electron chi connectivity index (χ3n) is 9.30. The minimum Gasteiger partial charge on any atom is -0.508 e. The van der Waals surface area contributed by atoms with Gasteiger partial charge in [-0.3, -0.25) is 19.2 Å². The number of rotatable bonds is 16. The van der Waals surface area contributed by atoms with E-state index in [0.29, 0.717) is 57.0 Å². The molecule has 0 bridgehead atoms. The molecule has 71 heavy (non-hydrogen) atoms. The zero-order valence-electron chi connectivity index (χ0n) is 38.0. The number of phenolic OH excluding ortho intramolecular Hbond substituents is 1. The Morgan fingerprint density at radius 1 is 0.535 bits per heavy atom. The van der Waals surface area contributed by atoms with Crippen LogP contribution in [0.2, 0.25) is 10.0 Å². The van der Waals surface area contributed by atoms with Crippen LogP contribution in [0.3, 0.4) is 0 Å². The van der Waals surface area contributed by atoms with Crippen LogP contribution in [-0.4, -0.2) is 67.1 Å². The highest BCUT2D eigenvalue weighted by molar-refractivity contribution is 9.10. The van der Waals surface area contributed by atoms with Gasteiger partial charge in [-0.2, -0.15) is 0 Å². The van der Waals surface area contributed by atoms with E-state index in [1.54, 1.807) is 48.5 Å². The molecule has 0 fully saturated rings. The van der Waals surface area contributed by atoms with E-state index < -0.39 is 18.0 Å². The number of carbonyl (C=O) groups is 4. The monoisotopic (exact) mass is 1080 g/mol. The van der Waals surface area contributed by atoms with Crippen molar-refractivity contribution in [3.05, 3.63) is 182 Å². The molecule has 384 valence electrons. The standard InChI is InChI=1S/C26H27ClN2O4.C20H22BrClN2O3.C6H6O.4CH4/c1-17(2)32-24-14-11-19(16-22(24)27)25(30)29-23(26(31)28-3)15-18-9-12-21(13-10-18)33-20-7-5-4-6-8-20;1-12(2)27-18-9-6-14(11-16(18)22)19(25)24-17(20(26)23-3)10-13-4-7-15(21)8-5-13;7-6-4-2-1-3-5-6;;;;/h4-14,16-17,23H,15H2,1-3H3,(H,28,31)(H,29,30);4-9,11-12,17H,10H2,1-3H3,(H,23,26)(H,24,25);1-5,7H;4*1H4. The number of aromatic hydroxyl groups is 1. The lowest BCUT2D eigenvalue weighted by Crippen LogP contribution is -2.47. The normalized spacial score (nSPS) is 10.7. The molecule has 5 N–H and O–H groups in total. The first-order valence-corrected chi connectivity index (χ1v) is 22.9. The summed E-state index contributed by atoms with van der Waals surface area (Å²) in [6.07, 6.45) is 0.635. The number of hydrogen-bond donors (Lipinski definition) is 5. The number of para-hydroxylation sites is 2. The summed E-state index contributed by atoms with van der Waals surface area (Å²) in [7, 11) is 3.07. The highest BCUT2D eigenvalue weighted by Gasteiger charge is 2.23. The van der Waals surface area contributed by atoms with E-state index in [1.807, 2.05) is 113 Å². The van der Waals surface area contributed by atoms with Crippen LogP contribution in [0.15, 0.2) is 150 Å². The molecule has 0 aliphatic rings. The number of ether oxygens (including phenoxy) is 3. The summed E-state index contributed by atoms with van der Waals surface area (Å²) in [4.78, 5) is 50.1. The number of hydrogen-bond acceptors (Lipinski definition) is 8. The summed E-state index contributed by atoms with van der Waals surface area (Å²) in [5, 5.41) is 20.1. The van der Waals surface area contributed by atoms with Gasteiger partial charge in [0.05, 0.1) is 22.3 Å². The molecule has 0 aliphatic heterocycles. The van der Waals surface area contributed by atoms with Crippen molar-refractivity contribution in [2.45, 2.75) is 94.5 Å². The summed E-state index contributed by atoms with van der Waals surface area (Å²) in [5.74, 6) is 1.43. The Labute approximate surface area is 440 Å². The van der Waals surface area contributed by atoms with E-state index in [1.165, 1.54) is 26.2 Å². The molecule has 6 aromatic carbocycles. The molecule has 0 saturated carbocycles. The number of likely N-dealkylation sites (N-methyl/N-ethyl adjacent to an activating group) is 2. The lowest BCUT2D eigenvalue weighted by atomic mass is 10.0. The fraction of sp³-hybridized carbons (Fsp3) is 0.286. The van der Waals surface area contributed by atoms with Crippen molar-refractivity contribution in [2.24, 2.45) is 0 Å². The molecule has 6 rings (SSSR count). The smallest absolute Gasteiger partial charge is 0.251 e. The molecule has 2 atom stereocenters. The van der Waals surface area contributed by atoms with Crippen LogP contribution in [0.1, 0.15) is 89.2 Å². The predicted molar refractivity (Wildman–Crippen MR) is 295 cm³/mol. The molecule has 0 spiro atoms. The molecule has 0 saturated heterocycles. The van der Waals surface area contributed by atoms with Crippen LogP contribution in [0.25, 0.3) is 0 Å². The quantitative estimate of drug-likeness (QED) is 0.0639. The highest BCUT2D eigenvalue weighted by Crippen LogP contribution is 2.28. The van der Waals surface area contributed by atoms with Crippen molar-refractivity contribution in [1.29, 1.82) is 0 Å². The number of phenols is 1. The number of amides is 4. The van der Waals surface area contributed by atoms with Gasteiger partial charge in [-0.1, -0.05) is 130 Å². The van der Waals surface area contributed by atoms with Crippen molar-refractivity contribution in [2.75, 3.05) is 14.1 Å². The van der Waals surface area contributed by atoms with Gasteiger partial charge in [-0.05, 0) is 124 Å². The Morgan fingerprint density at radius 3 is 1.24 bits per heavy atom. The molecule has 6 aromatic rings. The topological polar surface area (TPSA) is 164 Å². The SMILES string of the molecule is C.C.C.C.CNC(=O)C(Cc1ccc(Br)cc1)NC(=O)c1ccc(OC(C)C)c(Cl)c1.CNC(=O)C(Cc1ccc(Oc2ccccc2)cc1)NC(=O)c1ccc(OC(C)C)c(Cl)c1.Oc1ccccc1. The van der Waals surface area contributed by atoms with E-state index in [9.17, 15) is 19.2 Å². The van der Waals surface area contributed by atoms with Crippen molar-refractivity contribution in [3.63, 3.8) is 0 Å². The Kier molecular flexibility index (Phi) is 30.1. The average molecular weight is 1080 g/mol. The second kappa shape index (κ2) is 33.1. The van der Waals surface area contributed by atoms with Crippen LogP contribution in [0.5, 0.6) is 28.7 Å². The highest BCUT2D eigenvalue weighted by atomic mass is 79.9. The largest absolute Gasteiger partial charge is 0.508 e. The van der Waals surface area contributed by atoms with Gasteiger partial charge in [-0.15, -0.1) is 0 Å². The van der Waals surface area contributed by atoms with Gasteiger partial charge in [0.1, 0.15) is 40.8 Å². The van der Waals surface area contributed by atoms with Crippen molar-refractivity contribution in [1.82, 2.24) is 21.3 Å². The zero-order valence-corrected chi connectivity index (χ0v) is 41.1. The second-order valence-corrected chi connectivity index (χ2v) is 17.1. The zero-order chi connectivity index (χ0) is 48.9. The van der Waals surface area contributed by atoms with Crippen LogP contribution in [-0.2, 0) is 22.4 Å². The fourth-order valence-corrected chi connectivity index (χ4v) is 6.79. The maximum atomic E-state index is 12.8. The number of benzene rings is 6. The molecule has 0 radical (unpaired) electrons. The first-order chi connectivity index (χ1) is 32.0. The first-order valence-electron chi connectivity index (χ1n) is 21.3. The predicted octanol–water partition coefficient (Wildman–Crippen LogP) is 12.9. The Bertz CT molecular complexity index is 2510. The maximum Gasteiger partial charge on any atom is 0.251 e. The summed E-state index contributed by atoms with van der Waals surface area (Å²) < 4.78 is 17.9. The third-order valence-corrected chi connectivity index (χ3v) is 10.4. The van der Waals surface area contributed by atoms with Crippen molar-refractivity contribution >= 4 is 62.8 Å². The van der Waals surface area contributed by atoms with E-state index >= 15 is 0 Å². The molecular weight excluding hydrogens is 1010 g/mol. The summed E-state index contributed by atoms with van der Waals surface area (Å²) in [5.41, 5.74) is 2.52.